The highest BCUT2D eigenvalue weighted by molar-refractivity contribution is 7.09. The van der Waals surface area contributed by atoms with Gasteiger partial charge in [-0.05, 0) is 32.0 Å². The van der Waals surface area contributed by atoms with Gasteiger partial charge in [0.1, 0.15) is 29.3 Å². The van der Waals surface area contributed by atoms with Gasteiger partial charge >= 0.3 is 0 Å². The third-order valence-electron chi connectivity index (χ3n) is 5.21. The van der Waals surface area contributed by atoms with Crippen LogP contribution in [0.4, 0.5) is 5.82 Å². The zero-order chi connectivity index (χ0) is 21.9. The molecule has 3 aromatic heterocycles. The van der Waals surface area contributed by atoms with Crippen molar-refractivity contribution in [3.63, 3.8) is 0 Å². The van der Waals surface area contributed by atoms with Gasteiger partial charge in [-0.1, -0.05) is 12.1 Å². The summed E-state index contributed by atoms with van der Waals surface area (Å²) in [5.74, 6) is 2.00. The Balaban J connectivity index is 1.46. The summed E-state index contributed by atoms with van der Waals surface area (Å²) in [4.78, 5) is 14.0. The van der Waals surface area contributed by atoms with Crippen molar-refractivity contribution in [1.29, 1.82) is 0 Å². The van der Waals surface area contributed by atoms with Gasteiger partial charge in [0.15, 0.2) is 11.5 Å². The molecule has 1 saturated carbocycles. The molecule has 0 bridgehead atoms. The van der Waals surface area contributed by atoms with Crippen molar-refractivity contribution in [2.24, 2.45) is 0 Å². The number of fused-ring (bicyclic) bond motifs is 1. The Morgan fingerprint density at radius 1 is 1.31 bits per heavy atom. The lowest BCUT2D eigenvalue weighted by molar-refractivity contribution is 0.108. The average molecular weight is 452 g/mol. The Morgan fingerprint density at radius 2 is 2.22 bits per heavy atom. The Hall–Kier alpha value is -3.08. The molecule has 32 heavy (non-hydrogen) atoms. The number of benzene rings is 1. The third-order valence-corrected chi connectivity index (χ3v) is 5.99. The van der Waals surface area contributed by atoms with Gasteiger partial charge in [-0.15, -0.1) is 11.3 Å². The number of aliphatic hydroxyl groups excluding tert-OH is 1. The van der Waals surface area contributed by atoms with Gasteiger partial charge in [0.2, 0.25) is 0 Å². The maximum atomic E-state index is 9.92. The molecule has 1 atom stereocenters. The van der Waals surface area contributed by atoms with E-state index in [0.717, 1.165) is 40.3 Å². The van der Waals surface area contributed by atoms with E-state index in [4.69, 9.17) is 14.7 Å². The zero-order valence-electron chi connectivity index (χ0n) is 17.7. The predicted molar refractivity (Wildman–Crippen MR) is 124 cm³/mol. The molecule has 1 fully saturated rings. The molecule has 3 heterocycles. The van der Waals surface area contributed by atoms with E-state index in [1.807, 2.05) is 40.5 Å². The minimum absolute atomic E-state index is 0.208. The normalized spacial score (nSPS) is 14.6. The molecule has 1 aliphatic rings. The highest BCUT2D eigenvalue weighted by Crippen LogP contribution is 2.37. The SMILES string of the molecule is CNCC(O)COc1cccc(-c2nc(NCc3nccs3)c3cnn(C4CC4)c3n2)c1. The summed E-state index contributed by atoms with van der Waals surface area (Å²) in [6, 6.07) is 8.04. The van der Waals surface area contributed by atoms with E-state index in [-0.39, 0.29) is 6.61 Å². The van der Waals surface area contributed by atoms with Crippen LogP contribution in [0, 0.1) is 0 Å². The van der Waals surface area contributed by atoms with Crippen molar-refractivity contribution in [2.45, 2.75) is 31.5 Å². The topological polar surface area (TPSA) is 110 Å². The van der Waals surface area contributed by atoms with E-state index in [1.54, 1.807) is 24.6 Å². The number of thiazole rings is 1. The molecular weight excluding hydrogens is 426 g/mol. The number of ether oxygens (including phenoxy) is 1. The Morgan fingerprint density at radius 3 is 3.00 bits per heavy atom. The summed E-state index contributed by atoms with van der Waals surface area (Å²) in [5.41, 5.74) is 1.67. The molecule has 10 heteroatoms. The molecule has 1 unspecified atom stereocenters. The smallest absolute Gasteiger partial charge is 0.164 e. The van der Waals surface area contributed by atoms with Crippen LogP contribution in [0.3, 0.4) is 0 Å². The van der Waals surface area contributed by atoms with Crippen molar-refractivity contribution in [3.8, 4) is 17.1 Å². The van der Waals surface area contributed by atoms with Gasteiger partial charge in [0, 0.05) is 23.7 Å². The molecule has 0 aliphatic heterocycles. The molecule has 5 rings (SSSR count). The first-order chi connectivity index (χ1) is 15.7. The van der Waals surface area contributed by atoms with E-state index in [9.17, 15) is 5.11 Å². The molecule has 0 radical (unpaired) electrons. The van der Waals surface area contributed by atoms with E-state index >= 15 is 0 Å². The van der Waals surface area contributed by atoms with Gasteiger partial charge < -0.3 is 20.5 Å². The van der Waals surface area contributed by atoms with E-state index in [1.165, 1.54) is 0 Å². The van der Waals surface area contributed by atoms with Crippen molar-refractivity contribution < 1.29 is 9.84 Å². The second-order valence-electron chi connectivity index (χ2n) is 7.78. The summed E-state index contributed by atoms with van der Waals surface area (Å²) in [6.45, 7) is 1.27. The van der Waals surface area contributed by atoms with Gasteiger partial charge in [-0.2, -0.15) is 5.10 Å². The minimum Gasteiger partial charge on any atom is -0.491 e. The van der Waals surface area contributed by atoms with Crippen LogP contribution in [-0.2, 0) is 6.54 Å². The van der Waals surface area contributed by atoms with Gasteiger partial charge in [0.25, 0.3) is 0 Å². The van der Waals surface area contributed by atoms with Crippen LogP contribution in [0.1, 0.15) is 23.9 Å². The lowest BCUT2D eigenvalue weighted by Gasteiger charge is -2.13. The summed E-state index contributed by atoms with van der Waals surface area (Å²) >= 11 is 1.60. The Labute approximate surface area is 189 Å². The van der Waals surface area contributed by atoms with Gasteiger partial charge in [0.05, 0.1) is 24.2 Å². The zero-order valence-corrected chi connectivity index (χ0v) is 18.5. The fraction of sp³-hybridized carbons (Fsp3) is 0.364. The first-order valence-electron chi connectivity index (χ1n) is 10.6. The van der Waals surface area contributed by atoms with E-state index < -0.39 is 6.10 Å². The summed E-state index contributed by atoms with van der Waals surface area (Å²) in [7, 11) is 1.80. The molecule has 4 aromatic rings. The predicted octanol–water partition coefficient (Wildman–Crippen LogP) is 2.86. The summed E-state index contributed by atoms with van der Waals surface area (Å²) in [6.07, 6.45) is 5.30. The molecule has 0 amide bonds. The van der Waals surface area contributed by atoms with Gasteiger partial charge in [-0.3, -0.25) is 0 Å². The second-order valence-corrected chi connectivity index (χ2v) is 8.76. The highest BCUT2D eigenvalue weighted by atomic mass is 32.1. The lowest BCUT2D eigenvalue weighted by Crippen LogP contribution is -2.29. The first-order valence-corrected chi connectivity index (χ1v) is 11.5. The number of likely N-dealkylation sites (N-methyl/N-ethyl adjacent to an activating group) is 1. The van der Waals surface area contributed by atoms with E-state index in [2.05, 4.69) is 20.7 Å². The highest BCUT2D eigenvalue weighted by Gasteiger charge is 2.27. The van der Waals surface area contributed by atoms with Crippen LogP contribution in [0.5, 0.6) is 5.75 Å². The lowest BCUT2D eigenvalue weighted by atomic mass is 10.2. The number of hydrogen-bond donors (Lipinski definition) is 3. The van der Waals surface area contributed by atoms with E-state index in [0.29, 0.717) is 30.7 Å². The largest absolute Gasteiger partial charge is 0.491 e. The third kappa shape index (κ3) is 4.57. The Bertz CT molecular complexity index is 1190. The summed E-state index contributed by atoms with van der Waals surface area (Å²) in [5, 5.41) is 24.7. The van der Waals surface area contributed by atoms with Gasteiger partial charge in [-0.25, -0.2) is 19.6 Å². The first kappa shape index (κ1) is 20.8. The monoisotopic (exact) mass is 451 g/mol. The number of hydrogen-bond acceptors (Lipinski definition) is 9. The maximum Gasteiger partial charge on any atom is 0.164 e. The Kier molecular flexibility index (Phi) is 5.97. The summed E-state index contributed by atoms with van der Waals surface area (Å²) < 4.78 is 7.77. The molecule has 166 valence electrons. The number of nitrogens with one attached hydrogen (secondary N) is 2. The second kappa shape index (κ2) is 9.19. The molecule has 1 aromatic carbocycles. The van der Waals surface area contributed by atoms with Crippen LogP contribution < -0.4 is 15.4 Å². The number of rotatable bonds is 10. The quantitative estimate of drug-likeness (QED) is 0.338. The fourth-order valence-corrected chi connectivity index (χ4v) is 4.04. The van der Waals surface area contributed by atoms with Crippen LogP contribution >= 0.6 is 11.3 Å². The van der Waals surface area contributed by atoms with Crippen LogP contribution in [-0.4, -0.2) is 56.1 Å². The molecule has 0 spiro atoms. The van der Waals surface area contributed by atoms with Crippen molar-refractivity contribution in [3.05, 3.63) is 47.0 Å². The molecule has 3 N–H and O–H groups in total. The van der Waals surface area contributed by atoms with Crippen LogP contribution in [0.25, 0.3) is 22.4 Å². The van der Waals surface area contributed by atoms with Crippen molar-refractivity contribution in [2.75, 3.05) is 25.5 Å². The molecular formula is C22H25N7O2S. The molecule has 9 nitrogen and oxygen atoms in total. The fourth-order valence-electron chi connectivity index (χ4n) is 3.49. The average Bonchev–Trinajstić information content (AvgIpc) is 3.34. The number of nitrogens with zero attached hydrogens (tertiary/aromatic N) is 5. The van der Waals surface area contributed by atoms with Crippen LogP contribution in [0.2, 0.25) is 0 Å². The van der Waals surface area contributed by atoms with Crippen molar-refractivity contribution >= 4 is 28.2 Å². The maximum absolute atomic E-state index is 9.92. The number of aliphatic hydroxyl groups is 1. The van der Waals surface area contributed by atoms with Crippen LogP contribution in [0.15, 0.2) is 42.0 Å². The standard InChI is InChI=1S/C22H25N7O2S/c1-23-10-16(30)13-31-17-4-2-3-14(9-17)20-27-21(25-12-19-24-7-8-32-19)18-11-26-29(15-5-6-15)22(18)28-20/h2-4,7-9,11,15-16,23,30H,5-6,10,12-13H2,1H3,(H,25,27,28). The minimum atomic E-state index is -0.578. The molecule has 0 saturated heterocycles. The number of anilines is 1. The number of aromatic nitrogens is 5. The molecule has 1 aliphatic carbocycles. The van der Waals surface area contributed by atoms with Crippen molar-refractivity contribution in [1.82, 2.24) is 30.0 Å².